The van der Waals surface area contributed by atoms with Crippen LogP contribution in [0.3, 0.4) is 0 Å². The van der Waals surface area contributed by atoms with Crippen LogP contribution in [0.1, 0.15) is 39.2 Å². The molecule has 0 fully saturated rings. The number of esters is 1. The highest BCUT2D eigenvalue weighted by Crippen LogP contribution is 2.15. The van der Waals surface area contributed by atoms with Gasteiger partial charge >= 0.3 is 5.97 Å². The molecular weight excluding hydrogens is 228 g/mol. The van der Waals surface area contributed by atoms with E-state index < -0.39 is 0 Å². The number of Topliss-reactive ketones (excluding diaryl/α,β-unsaturated/α-hetero) is 1. The summed E-state index contributed by atoms with van der Waals surface area (Å²) in [6, 6.07) is 7.33. The lowest BCUT2D eigenvalue weighted by Gasteiger charge is -2.09. The predicted octanol–water partition coefficient (Wildman–Crippen LogP) is 3.16. The molecule has 0 aliphatic rings. The lowest BCUT2D eigenvalue weighted by atomic mass is 10.1. The number of ether oxygens (including phenoxy) is 1. The van der Waals surface area contributed by atoms with Gasteiger partial charge in [-0.3, -0.25) is 4.79 Å². The van der Waals surface area contributed by atoms with Crippen LogP contribution in [0, 0.1) is 5.92 Å². The summed E-state index contributed by atoms with van der Waals surface area (Å²) in [6.07, 6.45) is 2.05. The molecule has 0 bridgehead atoms. The van der Waals surface area contributed by atoms with Crippen LogP contribution in [0.2, 0.25) is 0 Å². The van der Waals surface area contributed by atoms with Crippen molar-refractivity contribution in [1.82, 2.24) is 0 Å². The Labute approximate surface area is 108 Å². The van der Waals surface area contributed by atoms with Crippen molar-refractivity contribution >= 4 is 11.8 Å². The third-order valence-corrected chi connectivity index (χ3v) is 2.92. The second kappa shape index (κ2) is 6.94. The molecule has 3 heteroatoms. The third-order valence-electron chi connectivity index (χ3n) is 2.92. The number of carbonyl (C=O) groups is 2. The van der Waals surface area contributed by atoms with Crippen molar-refractivity contribution in [2.24, 2.45) is 5.92 Å². The molecule has 0 aliphatic heterocycles. The number of carbonyl (C=O) groups excluding carboxylic acids is 2. The van der Waals surface area contributed by atoms with Crippen LogP contribution in [0.4, 0.5) is 0 Å². The van der Waals surface area contributed by atoms with Crippen molar-refractivity contribution < 1.29 is 14.3 Å². The van der Waals surface area contributed by atoms with Gasteiger partial charge in [0.1, 0.15) is 11.5 Å². The number of benzene rings is 1. The Morgan fingerprint density at radius 3 is 2.33 bits per heavy atom. The summed E-state index contributed by atoms with van der Waals surface area (Å²) in [5.41, 5.74) is 1.08. The van der Waals surface area contributed by atoms with E-state index in [0.717, 1.165) is 18.4 Å². The molecule has 0 radical (unpaired) electrons. The lowest BCUT2D eigenvalue weighted by molar-refractivity contribution is -0.138. The monoisotopic (exact) mass is 248 g/mol. The number of ketones is 1. The first kappa shape index (κ1) is 14.4. The minimum absolute atomic E-state index is 0.0811. The molecular formula is C15H20O3. The zero-order chi connectivity index (χ0) is 13.5. The van der Waals surface area contributed by atoms with Crippen LogP contribution in [-0.4, -0.2) is 11.8 Å². The molecule has 0 amide bonds. The molecule has 0 aromatic heterocycles. The molecule has 0 aliphatic carbocycles. The van der Waals surface area contributed by atoms with Gasteiger partial charge in [-0.1, -0.05) is 26.0 Å². The van der Waals surface area contributed by atoms with Gasteiger partial charge in [0.2, 0.25) is 0 Å². The van der Waals surface area contributed by atoms with Gasteiger partial charge in [-0.15, -0.1) is 0 Å². The molecule has 0 unspecified atom stereocenters. The minimum atomic E-state index is -0.200. The number of aryl methyl sites for hydroxylation is 1. The van der Waals surface area contributed by atoms with E-state index in [4.69, 9.17) is 4.74 Å². The summed E-state index contributed by atoms with van der Waals surface area (Å²) in [5, 5.41) is 0. The Kier molecular flexibility index (Phi) is 5.56. The molecule has 1 atom stereocenters. The standard InChI is InChI=1S/C15H20O3/c1-4-11(2)15(17)18-14-9-7-13(8-10-14)6-5-12(3)16/h7-11H,4-6H2,1-3H3/t11-/m1/s1. The van der Waals surface area contributed by atoms with Gasteiger partial charge in [0.25, 0.3) is 0 Å². The molecule has 0 spiro atoms. The fourth-order valence-electron chi connectivity index (χ4n) is 1.43. The van der Waals surface area contributed by atoms with Gasteiger partial charge in [-0.25, -0.2) is 0 Å². The smallest absolute Gasteiger partial charge is 0.314 e. The number of hydrogen-bond acceptors (Lipinski definition) is 3. The molecule has 0 saturated heterocycles. The fourth-order valence-corrected chi connectivity index (χ4v) is 1.43. The maximum Gasteiger partial charge on any atom is 0.314 e. The van der Waals surface area contributed by atoms with E-state index in [2.05, 4.69) is 0 Å². The van der Waals surface area contributed by atoms with Crippen LogP contribution >= 0.6 is 0 Å². The quantitative estimate of drug-likeness (QED) is 0.573. The van der Waals surface area contributed by atoms with E-state index in [1.54, 1.807) is 19.1 Å². The van der Waals surface area contributed by atoms with E-state index in [-0.39, 0.29) is 17.7 Å². The van der Waals surface area contributed by atoms with Crippen molar-refractivity contribution in [2.45, 2.75) is 40.0 Å². The summed E-state index contributed by atoms with van der Waals surface area (Å²) >= 11 is 0. The molecule has 1 aromatic carbocycles. The Hall–Kier alpha value is -1.64. The average molecular weight is 248 g/mol. The van der Waals surface area contributed by atoms with Crippen molar-refractivity contribution in [2.75, 3.05) is 0 Å². The van der Waals surface area contributed by atoms with E-state index in [0.29, 0.717) is 12.2 Å². The first-order valence-corrected chi connectivity index (χ1v) is 6.33. The molecule has 18 heavy (non-hydrogen) atoms. The van der Waals surface area contributed by atoms with Gasteiger partial charge in [0, 0.05) is 6.42 Å². The first-order chi connectivity index (χ1) is 8.52. The molecule has 98 valence electrons. The third kappa shape index (κ3) is 4.70. The van der Waals surface area contributed by atoms with Crippen LogP contribution in [-0.2, 0) is 16.0 Å². The summed E-state index contributed by atoms with van der Waals surface area (Å²) < 4.78 is 5.24. The Bertz CT molecular complexity index is 406. The average Bonchev–Trinajstić information content (AvgIpc) is 2.36. The second-order valence-corrected chi connectivity index (χ2v) is 4.58. The zero-order valence-electron chi connectivity index (χ0n) is 11.2. The van der Waals surface area contributed by atoms with Crippen LogP contribution < -0.4 is 4.74 Å². The predicted molar refractivity (Wildman–Crippen MR) is 70.5 cm³/mol. The number of hydrogen-bond donors (Lipinski definition) is 0. The minimum Gasteiger partial charge on any atom is -0.426 e. The maximum absolute atomic E-state index is 11.6. The summed E-state index contributed by atoms with van der Waals surface area (Å²) in [6.45, 7) is 5.39. The summed E-state index contributed by atoms with van der Waals surface area (Å²) in [4.78, 5) is 22.4. The van der Waals surface area contributed by atoms with E-state index >= 15 is 0 Å². The van der Waals surface area contributed by atoms with Crippen LogP contribution in [0.5, 0.6) is 5.75 Å². The van der Waals surface area contributed by atoms with Gasteiger partial charge in [-0.2, -0.15) is 0 Å². The Morgan fingerprint density at radius 1 is 1.22 bits per heavy atom. The van der Waals surface area contributed by atoms with Gasteiger partial charge in [0.05, 0.1) is 5.92 Å². The normalized spacial score (nSPS) is 11.9. The molecule has 1 aromatic rings. The maximum atomic E-state index is 11.6. The summed E-state index contributed by atoms with van der Waals surface area (Å²) in [7, 11) is 0. The lowest BCUT2D eigenvalue weighted by Crippen LogP contribution is -2.16. The van der Waals surface area contributed by atoms with Crippen LogP contribution in [0.25, 0.3) is 0 Å². The largest absolute Gasteiger partial charge is 0.426 e. The molecule has 0 N–H and O–H groups in total. The van der Waals surface area contributed by atoms with Gasteiger partial charge in [0.15, 0.2) is 0 Å². The Balaban J connectivity index is 2.55. The van der Waals surface area contributed by atoms with E-state index in [9.17, 15) is 9.59 Å². The van der Waals surface area contributed by atoms with Crippen LogP contribution in [0.15, 0.2) is 24.3 Å². The zero-order valence-corrected chi connectivity index (χ0v) is 11.2. The molecule has 0 heterocycles. The molecule has 0 saturated carbocycles. The Morgan fingerprint density at radius 2 is 1.83 bits per heavy atom. The summed E-state index contributed by atoms with van der Waals surface area (Å²) in [5.74, 6) is 0.463. The molecule has 3 nitrogen and oxygen atoms in total. The van der Waals surface area contributed by atoms with Crippen molar-refractivity contribution in [3.05, 3.63) is 29.8 Å². The highest BCUT2D eigenvalue weighted by molar-refractivity contribution is 5.76. The highest BCUT2D eigenvalue weighted by Gasteiger charge is 2.12. The van der Waals surface area contributed by atoms with Crippen molar-refractivity contribution in [1.29, 1.82) is 0 Å². The number of rotatable bonds is 6. The van der Waals surface area contributed by atoms with Gasteiger partial charge in [-0.05, 0) is 37.5 Å². The van der Waals surface area contributed by atoms with E-state index in [1.807, 2.05) is 26.0 Å². The first-order valence-electron chi connectivity index (χ1n) is 6.33. The molecule has 1 rings (SSSR count). The SMILES string of the molecule is CC[C@@H](C)C(=O)Oc1ccc(CCC(C)=O)cc1. The fraction of sp³-hybridized carbons (Fsp3) is 0.467. The second-order valence-electron chi connectivity index (χ2n) is 4.58. The van der Waals surface area contributed by atoms with Gasteiger partial charge < -0.3 is 9.53 Å². The highest BCUT2D eigenvalue weighted by atomic mass is 16.5. The van der Waals surface area contributed by atoms with Crippen molar-refractivity contribution in [3.63, 3.8) is 0 Å². The van der Waals surface area contributed by atoms with E-state index in [1.165, 1.54) is 0 Å². The topological polar surface area (TPSA) is 43.4 Å². The van der Waals surface area contributed by atoms with Crippen molar-refractivity contribution in [3.8, 4) is 5.75 Å².